The zero-order chi connectivity index (χ0) is 23.5. The lowest BCUT2D eigenvalue weighted by atomic mass is 9.87. The number of alkyl halides is 3. The maximum absolute atomic E-state index is 13.1. The first kappa shape index (κ1) is 24.1. The fourth-order valence-electron chi connectivity index (χ4n) is 3.82. The van der Waals surface area contributed by atoms with Crippen LogP contribution in [0.25, 0.3) is 11.1 Å². The highest BCUT2D eigenvalue weighted by atomic mass is 19.4. The number of aryl methyl sites for hydroxylation is 1. The lowest BCUT2D eigenvalue weighted by Gasteiger charge is -2.22. The van der Waals surface area contributed by atoms with E-state index in [1.54, 1.807) is 6.92 Å². The van der Waals surface area contributed by atoms with Crippen molar-refractivity contribution in [3.8, 4) is 16.9 Å². The second kappa shape index (κ2) is 9.97. The zero-order valence-electron chi connectivity index (χ0n) is 19.1. The Balaban J connectivity index is 2.06. The van der Waals surface area contributed by atoms with Crippen LogP contribution in [0.5, 0.6) is 5.75 Å². The quantitative estimate of drug-likeness (QED) is 0.382. The maximum Gasteiger partial charge on any atom is 0.416 e. The molecule has 1 unspecified atom stereocenters. The number of halogens is 3. The molecule has 0 heterocycles. The summed E-state index contributed by atoms with van der Waals surface area (Å²) in [6.45, 7) is 8.66. The summed E-state index contributed by atoms with van der Waals surface area (Å²) in [6.07, 6.45) is -1.51. The van der Waals surface area contributed by atoms with Crippen molar-refractivity contribution >= 4 is 5.97 Å². The molecule has 0 radical (unpaired) electrons. The third-order valence-electron chi connectivity index (χ3n) is 5.66. The fraction of sp³-hybridized carbons (Fsp3) is 0.500. The molecule has 0 bridgehead atoms. The van der Waals surface area contributed by atoms with E-state index in [1.807, 2.05) is 32.9 Å². The van der Waals surface area contributed by atoms with E-state index in [2.05, 4.69) is 0 Å². The van der Waals surface area contributed by atoms with E-state index in [0.29, 0.717) is 42.4 Å². The predicted octanol–water partition coefficient (Wildman–Crippen LogP) is 7.16. The van der Waals surface area contributed by atoms with Crippen LogP contribution in [0.4, 0.5) is 13.2 Å². The smallest absolute Gasteiger partial charge is 0.416 e. The molecule has 1 saturated carbocycles. The Morgan fingerprint density at radius 3 is 2.31 bits per heavy atom. The summed E-state index contributed by atoms with van der Waals surface area (Å²) in [7, 11) is 0. The van der Waals surface area contributed by atoms with Crippen LogP contribution in [-0.4, -0.2) is 19.2 Å². The Bertz CT molecular complexity index is 929. The first-order chi connectivity index (χ1) is 15.1. The lowest BCUT2D eigenvalue weighted by molar-refractivity contribution is -0.145. The fourth-order valence-corrected chi connectivity index (χ4v) is 3.82. The van der Waals surface area contributed by atoms with Crippen LogP contribution in [-0.2, 0) is 15.7 Å². The zero-order valence-corrected chi connectivity index (χ0v) is 19.1. The van der Waals surface area contributed by atoms with E-state index in [4.69, 9.17) is 9.47 Å². The highest BCUT2D eigenvalue weighted by Crippen LogP contribution is 2.40. The third-order valence-corrected chi connectivity index (χ3v) is 5.66. The molecular weight excluding hydrogens is 417 g/mol. The van der Waals surface area contributed by atoms with Crippen molar-refractivity contribution in [1.82, 2.24) is 0 Å². The number of rotatable bonds is 9. The van der Waals surface area contributed by atoms with Crippen molar-refractivity contribution in [2.45, 2.75) is 59.1 Å². The Morgan fingerprint density at radius 2 is 1.78 bits per heavy atom. The molecule has 0 N–H and O–H groups in total. The van der Waals surface area contributed by atoms with Gasteiger partial charge in [-0.2, -0.15) is 13.2 Å². The molecule has 1 fully saturated rings. The normalized spacial score (nSPS) is 15.0. The highest BCUT2D eigenvalue weighted by molar-refractivity contribution is 5.81. The maximum atomic E-state index is 13.1. The van der Waals surface area contributed by atoms with Crippen molar-refractivity contribution < 1.29 is 27.4 Å². The molecule has 0 aliphatic heterocycles. The molecule has 0 spiro atoms. The minimum atomic E-state index is -4.39. The molecule has 1 atom stereocenters. The number of hydrogen-bond donors (Lipinski definition) is 0. The monoisotopic (exact) mass is 448 g/mol. The van der Waals surface area contributed by atoms with Gasteiger partial charge >= 0.3 is 12.1 Å². The third kappa shape index (κ3) is 6.05. The van der Waals surface area contributed by atoms with E-state index < -0.39 is 17.7 Å². The van der Waals surface area contributed by atoms with Gasteiger partial charge in [0.2, 0.25) is 0 Å². The Labute approximate surface area is 187 Å². The Hall–Kier alpha value is -2.50. The topological polar surface area (TPSA) is 35.5 Å². The largest absolute Gasteiger partial charge is 0.492 e. The molecule has 0 aromatic heterocycles. The highest BCUT2D eigenvalue weighted by Gasteiger charge is 2.31. The minimum Gasteiger partial charge on any atom is -0.492 e. The van der Waals surface area contributed by atoms with Crippen LogP contribution < -0.4 is 4.74 Å². The summed E-state index contributed by atoms with van der Waals surface area (Å²) in [4.78, 5) is 12.7. The molecule has 3 nitrogen and oxygen atoms in total. The molecule has 6 heteroatoms. The van der Waals surface area contributed by atoms with Crippen LogP contribution in [0.2, 0.25) is 0 Å². The summed E-state index contributed by atoms with van der Waals surface area (Å²) in [5.74, 6) is 0.727. The van der Waals surface area contributed by atoms with E-state index in [9.17, 15) is 18.0 Å². The second-order valence-electron chi connectivity index (χ2n) is 8.98. The van der Waals surface area contributed by atoms with Crippen LogP contribution in [0, 0.1) is 18.8 Å². The van der Waals surface area contributed by atoms with Gasteiger partial charge in [-0.15, -0.1) is 0 Å². The number of carbonyl (C=O) groups excluding carboxylic acids is 1. The molecular formula is C26H31F3O3. The average Bonchev–Trinajstić information content (AvgIpc) is 3.54. The number of ether oxygens (including phenoxy) is 2. The van der Waals surface area contributed by atoms with E-state index in [0.717, 1.165) is 36.1 Å². The summed E-state index contributed by atoms with van der Waals surface area (Å²) in [6, 6.07) is 8.92. The number of esters is 1. The molecule has 2 aromatic carbocycles. The van der Waals surface area contributed by atoms with Gasteiger partial charge in [0.15, 0.2) is 0 Å². The molecule has 3 rings (SSSR count). The molecule has 0 amide bonds. The molecule has 0 saturated heterocycles. The molecule has 174 valence electrons. The number of benzene rings is 2. The summed E-state index contributed by atoms with van der Waals surface area (Å²) in [5.41, 5.74) is 2.28. The van der Waals surface area contributed by atoms with Crippen molar-refractivity contribution in [3.05, 3.63) is 53.1 Å². The number of carbonyl (C=O) groups is 1. The number of hydrogen-bond acceptors (Lipinski definition) is 3. The van der Waals surface area contributed by atoms with Crippen LogP contribution in [0.1, 0.15) is 62.6 Å². The van der Waals surface area contributed by atoms with Crippen molar-refractivity contribution in [1.29, 1.82) is 0 Å². The van der Waals surface area contributed by atoms with Gasteiger partial charge < -0.3 is 9.47 Å². The van der Waals surface area contributed by atoms with Crippen molar-refractivity contribution in [3.63, 3.8) is 0 Å². The van der Waals surface area contributed by atoms with Gasteiger partial charge in [0.1, 0.15) is 5.75 Å². The molecule has 1 aliphatic rings. The van der Waals surface area contributed by atoms with E-state index in [-0.39, 0.29) is 11.9 Å². The van der Waals surface area contributed by atoms with Crippen LogP contribution >= 0.6 is 0 Å². The Morgan fingerprint density at radius 1 is 1.12 bits per heavy atom. The van der Waals surface area contributed by atoms with Crippen LogP contribution in [0.15, 0.2) is 36.4 Å². The van der Waals surface area contributed by atoms with Gasteiger partial charge in [0.25, 0.3) is 0 Å². The van der Waals surface area contributed by atoms with Crippen molar-refractivity contribution in [2.24, 2.45) is 11.8 Å². The Kier molecular flexibility index (Phi) is 7.52. The van der Waals surface area contributed by atoms with Crippen LogP contribution in [0.3, 0.4) is 0 Å². The first-order valence-electron chi connectivity index (χ1n) is 11.2. The van der Waals surface area contributed by atoms with Gasteiger partial charge in [-0.05, 0) is 79.8 Å². The minimum absolute atomic E-state index is 0.269. The summed E-state index contributed by atoms with van der Waals surface area (Å²) < 4.78 is 50.6. The molecule has 1 aliphatic carbocycles. The lowest BCUT2D eigenvalue weighted by Crippen LogP contribution is -2.18. The first-order valence-corrected chi connectivity index (χ1v) is 11.2. The van der Waals surface area contributed by atoms with E-state index in [1.165, 1.54) is 12.1 Å². The van der Waals surface area contributed by atoms with Gasteiger partial charge in [-0.25, -0.2) is 0 Å². The average molecular weight is 449 g/mol. The summed E-state index contributed by atoms with van der Waals surface area (Å²) in [5, 5.41) is 0. The summed E-state index contributed by atoms with van der Waals surface area (Å²) >= 11 is 0. The SMILES string of the molecule is CCOC(=O)C(CC(C)C)c1cc(C)c(OCC2CC2)c(-c2ccc(C(F)(F)F)cc2)c1. The predicted molar refractivity (Wildman–Crippen MR) is 119 cm³/mol. The standard InChI is InChI=1S/C26H31F3O3/c1-5-31-25(30)23(12-16(2)3)20-13-17(4)24(32-15-18-6-7-18)22(14-20)19-8-10-21(11-9-19)26(27,28)29/h8-11,13-14,16,18,23H,5-7,12,15H2,1-4H3. The van der Waals surface area contributed by atoms with Crippen molar-refractivity contribution in [2.75, 3.05) is 13.2 Å². The van der Waals surface area contributed by atoms with Gasteiger partial charge in [0, 0.05) is 5.56 Å². The van der Waals surface area contributed by atoms with Gasteiger partial charge in [0.05, 0.1) is 24.7 Å². The molecule has 32 heavy (non-hydrogen) atoms. The van der Waals surface area contributed by atoms with Gasteiger partial charge in [-0.1, -0.05) is 32.0 Å². The van der Waals surface area contributed by atoms with E-state index >= 15 is 0 Å². The molecule has 2 aromatic rings. The van der Waals surface area contributed by atoms with Gasteiger partial charge in [-0.3, -0.25) is 4.79 Å². The second-order valence-corrected chi connectivity index (χ2v) is 8.98.